The van der Waals surface area contributed by atoms with E-state index in [0.717, 1.165) is 5.69 Å². The molecule has 0 aliphatic heterocycles. The lowest BCUT2D eigenvalue weighted by atomic mass is 10.2. The molecule has 108 valence electrons. The van der Waals surface area contributed by atoms with Crippen LogP contribution in [0.3, 0.4) is 0 Å². The van der Waals surface area contributed by atoms with Crippen molar-refractivity contribution in [1.82, 2.24) is 15.1 Å². The van der Waals surface area contributed by atoms with Gasteiger partial charge in [0.05, 0.1) is 23.2 Å². The summed E-state index contributed by atoms with van der Waals surface area (Å²) in [4.78, 5) is 14.1. The second-order valence-corrected chi connectivity index (χ2v) is 6.06. The molecule has 2 aromatic heterocycles. The summed E-state index contributed by atoms with van der Waals surface area (Å²) in [5.74, 6) is 0.245. The van der Waals surface area contributed by atoms with E-state index in [1.807, 2.05) is 12.1 Å². The highest BCUT2D eigenvalue weighted by Gasteiger charge is 2.19. The van der Waals surface area contributed by atoms with Crippen molar-refractivity contribution in [2.24, 2.45) is 7.05 Å². The van der Waals surface area contributed by atoms with Gasteiger partial charge in [0, 0.05) is 18.1 Å². The zero-order chi connectivity index (χ0) is 14.7. The largest absolute Gasteiger partial charge is 0.394 e. The van der Waals surface area contributed by atoms with Gasteiger partial charge in [0.15, 0.2) is 0 Å². The predicted octanol–water partition coefficient (Wildman–Crippen LogP) is 2.07. The van der Waals surface area contributed by atoms with Crippen molar-refractivity contribution in [3.8, 4) is 0 Å². The molecule has 2 N–H and O–H groups in total. The van der Waals surface area contributed by atoms with Crippen molar-refractivity contribution >= 4 is 17.2 Å². The molecule has 0 saturated carbocycles. The molecular formula is C14H19N3O2S. The maximum atomic E-state index is 12.2. The molecule has 0 aromatic carbocycles. The fourth-order valence-corrected chi connectivity index (χ4v) is 2.87. The number of aliphatic hydroxyl groups excluding tert-OH is 1. The average Bonchev–Trinajstić information content (AvgIpc) is 3.04. The lowest BCUT2D eigenvalue weighted by Gasteiger charge is -2.16. The first-order valence-corrected chi connectivity index (χ1v) is 7.34. The Labute approximate surface area is 122 Å². The number of aliphatic hydroxyl groups is 1. The highest BCUT2D eigenvalue weighted by atomic mass is 32.1. The lowest BCUT2D eigenvalue weighted by molar-refractivity contribution is 0.0917. The van der Waals surface area contributed by atoms with Crippen LogP contribution < -0.4 is 5.32 Å². The van der Waals surface area contributed by atoms with Gasteiger partial charge in [-0.05, 0) is 24.1 Å². The molecule has 0 saturated heterocycles. The predicted molar refractivity (Wildman–Crippen MR) is 78.9 cm³/mol. The van der Waals surface area contributed by atoms with Crippen LogP contribution in [0.2, 0.25) is 0 Å². The summed E-state index contributed by atoms with van der Waals surface area (Å²) in [7, 11) is 1.78. The summed E-state index contributed by atoms with van der Waals surface area (Å²) in [6.07, 6.45) is 1.64. The summed E-state index contributed by atoms with van der Waals surface area (Å²) in [6, 6.07) is 5.14. The van der Waals surface area contributed by atoms with Gasteiger partial charge in [0.1, 0.15) is 0 Å². The van der Waals surface area contributed by atoms with Crippen molar-refractivity contribution in [3.05, 3.63) is 39.8 Å². The van der Waals surface area contributed by atoms with Gasteiger partial charge in [-0.25, -0.2) is 0 Å². The minimum atomic E-state index is -0.445. The van der Waals surface area contributed by atoms with Crippen LogP contribution in [0, 0.1) is 0 Å². The van der Waals surface area contributed by atoms with Crippen LogP contribution in [0.1, 0.15) is 46.0 Å². The van der Waals surface area contributed by atoms with Gasteiger partial charge < -0.3 is 10.4 Å². The monoisotopic (exact) mass is 293 g/mol. The lowest BCUT2D eigenvalue weighted by Crippen LogP contribution is -2.31. The molecule has 2 heterocycles. The Bertz CT molecular complexity index is 589. The number of hydrogen-bond donors (Lipinski definition) is 2. The Morgan fingerprint density at radius 2 is 2.20 bits per heavy atom. The van der Waals surface area contributed by atoms with Crippen LogP contribution in [-0.2, 0) is 7.05 Å². The first-order valence-electron chi connectivity index (χ1n) is 6.52. The van der Waals surface area contributed by atoms with E-state index in [4.69, 9.17) is 0 Å². The number of aryl methyl sites for hydroxylation is 1. The fourth-order valence-electron chi connectivity index (χ4n) is 1.95. The second kappa shape index (κ2) is 6.19. The smallest absolute Gasteiger partial charge is 0.261 e. The summed E-state index contributed by atoms with van der Waals surface area (Å²) in [6.45, 7) is 4.03. The second-order valence-electron chi connectivity index (χ2n) is 4.95. The molecule has 5 nitrogen and oxygen atoms in total. The third kappa shape index (κ3) is 3.08. The number of hydrogen-bond acceptors (Lipinski definition) is 4. The third-order valence-electron chi connectivity index (χ3n) is 3.12. The van der Waals surface area contributed by atoms with Crippen molar-refractivity contribution in [3.63, 3.8) is 0 Å². The van der Waals surface area contributed by atoms with Crippen LogP contribution in [0.15, 0.2) is 24.4 Å². The Morgan fingerprint density at radius 3 is 2.70 bits per heavy atom. The van der Waals surface area contributed by atoms with E-state index in [2.05, 4.69) is 24.3 Å². The zero-order valence-electron chi connectivity index (χ0n) is 11.8. The molecule has 1 unspecified atom stereocenters. The van der Waals surface area contributed by atoms with Crippen molar-refractivity contribution in [2.45, 2.75) is 25.8 Å². The molecule has 0 aliphatic rings. The number of carbonyl (C=O) groups is 1. The maximum Gasteiger partial charge on any atom is 0.261 e. The Kier molecular flexibility index (Phi) is 4.57. The van der Waals surface area contributed by atoms with Gasteiger partial charge in [0.2, 0.25) is 0 Å². The number of amides is 1. The normalized spacial score (nSPS) is 12.7. The van der Waals surface area contributed by atoms with E-state index in [0.29, 0.717) is 10.8 Å². The SMILES string of the molecule is CC(C)c1ccc(C(=O)NC(CO)c2ccnn2C)s1. The summed E-state index contributed by atoms with van der Waals surface area (Å²) >= 11 is 1.49. The molecule has 1 amide bonds. The number of rotatable bonds is 5. The van der Waals surface area contributed by atoms with Gasteiger partial charge in [-0.2, -0.15) is 5.10 Å². The van der Waals surface area contributed by atoms with Crippen molar-refractivity contribution in [2.75, 3.05) is 6.61 Å². The standard InChI is InChI=1S/C14H19N3O2S/c1-9(2)12-4-5-13(20-12)14(19)16-10(8-18)11-6-7-15-17(11)3/h4-7,9-10,18H,8H2,1-3H3,(H,16,19). The fraction of sp³-hybridized carbons (Fsp3) is 0.429. The van der Waals surface area contributed by atoms with Gasteiger partial charge >= 0.3 is 0 Å². The van der Waals surface area contributed by atoms with Gasteiger partial charge in [-0.3, -0.25) is 9.48 Å². The number of thiophene rings is 1. The molecule has 2 aromatic rings. The number of aromatic nitrogens is 2. The first kappa shape index (κ1) is 14.7. The third-order valence-corrected chi connectivity index (χ3v) is 4.51. The van der Waals surface area contributed by atoms with E-state index in [9.17, 15) is 9.90 Å². The Balaban J connectivity index is 2.11. The molecule has 1 atom stereocenters. The number of nitrogens with zero attached hydrogens (tertiary/aromatic N) is 2. The van der Waals surface area contributed by atoms with E-state index >= 15 is 0 Å². The van der Waals surface area contributed by atoms with E-state index in [1.54, 1.807) is 24.0 Å². The van der Waals surface area contributed by atoms with E-state index in [-0.39, 0.29) is 12.5 Å². The molecule has 0 fully saturated rings. The molecule has 0 radical (unpaired) electrons. The van der Waals surface area contributed by atoms with Crippen LogP contribution >= 0.6 is 11.3 Å². The summed E-state index contributed by atoms with van der Waals surface area (Å²) in [5, 5.41) is 16.3. The van der Waals surface area contributed by atoms with Crippen LogP contribution in [0.4, 0.5) is 0 Å². The van der Waals surface area contributed by atoms with Crippen molar-refractivity contribution in [1.29, 1.82) is 0 Å². The number of nitrogens with one attached hydrogen (secondary N) is 1. The average molecular weight is 293 g/mol. The molecular weight excluding hydrogens is 274 g/mol. The summed E-state index contributed by atoms with van der Waals surface area (Å²) in [5.41, 5.74) is 0.779. The zero-order valence-corrected chi connectivity index (χ0v) is 12.6. The molecule has 0 bridgehead atoms. The minimum absolute atomic E-state index is 0.159. The van der Waals surface area contributed by atoms with Gasteiger partial charge in [-0.15, -0.1) is 11.3 Å². The van der Waals surface area contributed by atoms with E-state index < -0.39 is 6.04 Å². The topological polar surface area (TPSA) is 67.2 Å². The number of carbonyl (C=O) groups excluding carboxylic acids is 1. The molecule has 20 heavy (non-hydrogen) atoms. The Morgan fingerprint density at radius 1 is 1.45 bits per heavy atom. The van der Waals surface area contributed by atoms with E-state index in [1.165, 1.54) is 16.2 Å². The Hall–Kier alpha value is -1.66. The molecule has 2 rings (SSSR count). The van der Waals surface area contributed by atoms with Crippen LogP contribution in [0.25, 0.3) is 0 Å². The molecule has 0 aliphatic carbocycles. The maximum absolute atomic E-state index is 12.2. The highest BCUT2D eigenvalue weighted by molar-refractivity contribution is 7.14. The van der Waals surface area contributed by atoms with Crippen LogP contribution in [0.5, 0.6) is 0 Å². The molecule has 6 heteroatoms. The van der Waals surface area contributed by atoms with Gasteiger partial charge in [0.25, 0.3) is 5.91 Å². The molecule has 0 spiro atoms. The van der Waals surface area contributed by atoms with Crippen molar-refractivity contribution < 1.29 is 9.90 Å². The summed E-state index contributed by atoms with van der Waals surface area (Å²) < 4.78 is 1.65. The highest BCUT2D eigenvalue weighted by Crippen LogP contribution is 2.24. The van der Waals surface area contributed by atoms with Crippen LogP contribution in [-0.4, -0.2) is 27.4 Å². The quantitative estimate of drug-likeness (QED) is 0.887. The minimum Gasteiger partial charge on any atom is -0.394 e. The van der Waals surface area contributed by atoms with Gasteiger partial charge in [-0.1, -0.05) is 13.8 Å². The first-order chi connectivity index (χ1) is 9.52.